The number of aliphatic hydroxyl groups excluding tert-OH is 1. The number of aromatic amines is 1. The quantitative estimate of drug-likeness (QED) is 0.138. The Morgan fingerprint density at radius 2 is 1.26 bits per heavy atom. The number of fused-ring (bicyclic) bond motifs is 4. The Hall–Kier alpha value is -5.86. The van der Waals surface area contributed by atoms with Crippen LogP contribution in [0.1, 0.15) is 104 Å². The van der Waals surface area contributed by atoms with Gasteiger partial charge in [0, 0.05) is 25.5 Å². The van der Waals surface area contributed by atoms with Crippen LogP contribution in [-0.2, 0) is 13.1 Å². The first-order chi connectivity index (χ1) is 27.6. The first-order valence-electron chi connectivity index (χ1n) is 19.4. The van der Waals surface area contributed by atoms with Crippen molar-refractivity contribution in [2.75, 3.05) is 0 Å². The molecule has 11 nitrogen and oxygen atoms in total. The molecule has 2 unspecified atom stereocenters. The van der Waals surface area contributed by atoms with Crippen LogP contribution in [-0.4, -0.2) is 55.0 Å². The molecule has 2 aromatic carbocycles. The lowest BCUT2D eigenvalue weighted by Crippen LogP contribution is -2.51. The zero-order chi connectivity index (χ0) is 41.6. The maximum Gasteiger partial charge on any atom is 0.262 e. The van der Waals surface area contributed by atoms with E-state index >= 15 is 0 Å². The Morgan fingerprint density at radius 1 is 0.741 bits per heavy atom. The zero-order valence-electron chi connectivity index (χ0n) is 33.5. The van der Waals surface area contributed by atoms with E-state index in [1.165, 1.54) is 35.4 Å². The Kier molecular flexibility index (Phi) is 11.0. The van der Waals surface area contributed by atoms with Gasteiger partial charge in [-0.3, -0.25) is 24.4 Å². The minimum Gasteiger partial charge on any atom is -0.541 e. The number of H-pyrrole nitrogens is 1. The number of carbonyl (C=O) groups excluding carboxylic acids is 2. The normalized spacial score (nSPS) is 16.4. The molecule has 2 aliphatic heterocycles. The van der Waals surface area contributed by atoms with Crippen LogP contribution < -0.4 is 9.85 Å². The maximum absolute atomic E-state index is 13.7. The Labute approximate surface area is 335 Å². The number of nitrogens with one attached hydrogen (secondary N) is 1. The second kappa shape index (κ2) is 15.8. The lowest BCUT2D eigenvalue weighted by molar-refractivity contribution is 0.0120. The molecule has 2 N–H and O–H groups in total. The molecule has 0 radical (unpaired) electrons. The van der Waals surface area contributed by atoms with Crippen molar-refractivity contribution in [3.05, 3.63) is 141 Å². The van der Waals surface area contributed by atoms with Crippen LogP contribution in [0.3, 0.4) is 0 Å². The van der Waals surface area contributed by atoms with Crippen molar-refractivity contribution in [3.63, 3.8) is 0 Å². The second-order valence-corrected chi connectivity index (χ2v) is 21.2. The number of hydrogen-bond acceptors (Lipinski definition) is 8. The van der Waals surface area contributed by atoms with Crippen LogP contribution in [0.4, 0.5) is 8.78 Å². The highest BCUT2D eigenvalue weighted by molar-refractivity contribution is 6.78. The summed E-state index contributed by atoms with van der Waals surface area (Å²) in [6.45, 7) is 15.4. The lowest BCUT2D eigenvalue weighted by Gasteiger charge is -2.42. The van der Waals surface area contributed by atoms with E-state index in [0.29, 0.717) is 40.1 Å². The highest BCUT2D eigenvalue weighted by Gasteiger charge is 2.50. The number of benzene rings is 2. The third kappa shape index (κ3) is 7.04. The van der Waals surface area contributed by atoms with Gasteiger partial charge in [-0.25, -0.2) is 13.8 Å². The summed E-state index contributed by atoms with van der Waals surface area (Å²) in [5, 5.41) is 11.1. The Bertz CT molecular complexity index is 2560. The molecule has 2 atom stereocenters. The highest BCUT2D eigenvalue weighted by atomic mass is 28.4. The fourth-order valence-corrected chi connectivity index (χ4v) is 13.8. The second-order valence-electron chi connectivity index (χ2n) is 15.8. The summed E-state index contributed by atoms with van der Waals surface area (Å²) >= 11 is 0. The molecule has 58 heavy (non-hydrogen) atoms. The maximum atomic E-state index is 13.7. The fourth-order valence-electron chi connectivity index (χ4n) is 8.58. The van der Waals surface area contributed by atoms with E-state index in [-0.39, 0.29) is 80.4 Å². The third-order valence-electron chi connectivity index (χ3n) is 11.4. The van der Waals surface area contributed by atoms with E-state index in [2.05, 4.69) is 61.5 Å². The molecular formula is C44H46F2N6O5Si. The monoisotopic (exact) mass is 804 g/mol. The van der Waals surface area contributed by atoms with Gasteiger partial charge in [0.2, 0.25) is 5.43 Å². The molecule has 6 aromatic rings. The van der Waals surface area contributed by atoms with E-state index in [4.69, 9.17) is 4.43 Å². The first-order valence-corrected chi connectivity index (χ1v) is 21.5. The summed E-state index contributed by atoms with van der Waals surface area (Å²) in [7, 11) is -2.44. The van der Waals surface area contributed by atoms with Gasteiger partial charge in [0.05, 0.1) is 22.8 Å². The average Bonchev–Trinajstić information content (AvgIpc) is 3.57. The molecule has 0 fully saturated rings. The molecule has 14 heteroatoms. The first kappa shape index (κ1) is 40.3. The van der Waals surface area contributed by atoms with Gasteiger partial charge in [-0.15, -0.1) is 0 Å². The number of aromatic nitrogens is 4. The van der Waals surface area contributed by atoms with Gasteiger partial charge in [-0.2, -0.15) is 0 Å². The molecule has 0 bridgehead atoms. The number of amides is 2. The van der Waals surface area contributed by atoms with Crippen LogP contribution in [0.2, 0.25) is 16.6 Å². The van der Waals surface area contributed by atoms with E-state index in [9.17, 15) is 28.3 Å². The summed E-state index contributed by atoms with van der Waals surface area (Å²) in [6.07, 6.45) is 1.97. The number of rotatable bonds is 9. The smallest absolute Gasteiger partial charge is 0.262 e. The number of carbonyl (C=O) groups is 2. The van der Waals surface area contributed by atoms with Crippen molar-refractivity contribution >= 4 is 42.2 Å². The van der Waals surface area contributed by atoms with E-state index in [0.717, 1.165) is 5.56 Å². The van der Waals surface area contributed by atoms with Crippen LogP contribution >= 0.6 is 0 Å². The molecule has 2 aliphatic rings. The summed E-state index contributed by atoms with van der Waals surface area (Å²) in [5.74, 6) is -0.937. The molecule has 6 heterocycles. The zero-order valence-corrected chi connectivity index (χ0v) is 34.5. The number of pyridine rings is 4. The number of halogens is 2. The fraction of sp³-hybridized carbons (Fsp3) is 0.318. The molecule has 2 amide bonds. The van der Waals surface area contributed by atoms with E-state index < -0.39 is 14.5 Å². The minimum absolute atomic E-state index is 0.126. The predicted molar refractivity (Wildman–Crippen MR) is 219 cm³/mol. The molecule has 300 valence electrons. The van der Waals surface area contributed by atoms with Gasteiger partial charge >= 0.3 is 0 Å². The van der Waals surface area contributed by atoms with Gasteiger partial charge in [0.15, 0.2) is 6.23 Å². The van der Waals surface area contributed by atoms with Crippen LogP contribution in [0.25, 0.3) is 22.1 Å². The van der Waals surface area contributed by atoms with E-state index in [1.54, 1.807) is 53.6 Å². The molecule has 4 aromatic heterocycles. The molecule has 0 aliphatic carbocycles. The van der Waals surface area contributed by atoms with Crippen LogP contribution in [0.5, 0.6) is 5.75 Å². The molecule has 0 saturated heterocycles. The molecule has 0 saturated carbocycles. The Balaban J connectivity index is 0.000000187. The standard InChI is InChI=1S/C26H32FN3O3Si.C18H14FN3O2/c1-15(2)34(16(3)4,17(5)6)33-24-21-23(29-20-8-7-13-28-22(20)24)26(32)30(25(21)31)14-18-9-11-19(27)12-10-18;1-10-15-14(17(23)16-13(21-15)3-2-8-20-16)18(24)22(10)9-11-4-6-12(19)7-5-11/h7-13,15-17,26,32H,14H2,1-6H3;2-8,10H,9H2,1H3,(H,21,23). The van der Waals surface area contributed by atoms with Gasteiger partial charge in [-0.05, 0) is 83.2 Å². The summed E-state index contributed by atoms with van der Waals surface area (Å²) in [5.41, 5.74) is 5.31. The molecule has 0 spiro atoms. The van der Waals surface area contributed by atoms with Crippen LogP contribution in [0, 0.1) is 11.6 Å². The number of nitrogens with zero attached hydrogens (tertiary/aromatic N) is 5. The van der Waals surface area contributed by atoms with Gasteiger partial charge in [0.25, 0.3) is 20.1 Å². The number of aliphatic hydroxyl groups is 1. The largest absolute Gasteiger partial charge is 0.541 e. The van der Waals surface area contributed by atoms with Crippen LogP contribution in [0.15, 0.2) is 90.0 Å². The third-order valence-corrected chi connectivity index (χ3v) is 17.4. The van der Waals surface area contributed by atoms with Crippen molar-refractivity contribution in [1.82, 2.24) is 29.7 Å². The van der Waals surface area contributed by atoms with Crippen molar-refractivity contribution in [1.29, 1.82) is 0 Å². The lowest BCUT2D eigenvalue weighted by atomic mass is 10.1. The van der Waals surface area contributed by atoms with E-state index in [1.807, 2.05) is 13.0 Å². The van der Waals surface area contributed by atoms with Crippen molar-refractivity contribution in [2.45, 2.75) is 90.4 Å². The number of hydrogen-bond donors (Lipinski definition) is 2. The Morgan fingerprint density at radius 3 is 1.83 bits per heavy atom. The summed E-state index contributed by atoms with van der Waals surface area (Å²) in [4.78, 5) is 58.4. The summed E-state index contributed by atoms with van der Waals surface area (Å²) in [6, 6.07) is 18.7. The van der Waals surface area contributed by atoms with Gasteiger partial charge < -0.3 is 24.3 Å². The van der Waals surface area contributed by atoms with Crippen molar-refractivity contribution in [2.24, 2.45) is 0 Å². The minimum atomic E-state index is -2.44. The van der Waals surface area contributed by atoms with Gasteiger partial charge in [0.1, 0.15) is 45.2 Å². The molecular weight excluding hydrogens is 759 g/mol. The van der Waals surface area contributed by atoms with Crippen molar-refractivity contribution < 1.29 is 27.9 Å². The summed E-state index contributed by atoms with van der Waals surface area (Å²) < 4.78 is 33.4. The average molecular weight is 805 g/mol. The SMILES string of the molecule is CC(C)[Si](Oc1c2c(nc3cccnc13)C(O)N(Cc1ccc(F)cc1)C2=O)(C(C)C)C(C)C.CC1c2[nH]c3cccnc3c(=O)c2C(=O)N1Cc1ccc(F)cc1. The predicted octanol–water partition coefficient (Wildman–Crippen LogP) is 8.75. The molecule has 8 rings (SSSR count). The highest BCUT2D eigenvalue weighted by Crippen LogP contribution is 2.47. The van der Waals surface area contributed by atoms with Gasteiger partial charge in [-0.1, -0.05) is 65.8 Å². The topological polar surface area (TPSA) is 142 Å². The van der Waals surface area contributed by atoms with Crippen molar-refractivity contribution in [3.8, 4) is 5.75 Å².